The molecule has 0 N–H and O–H groups in total. The molecule has 3 unspecified atom stereocenters. The number of fused-ring (bicyclic) bond motifs is 2. The average Bonchev–Trinajstić information content (AvgIpc) is 2.95. The Bertz CT molecular complexity index is 751. The molecule has 0 radical (unpaired) electrons. The number of nitrogens with zero attached hydrogens (tertiary/aromatic N) is 2. The summed E-state index contributed by atoms with van der Waals surface area (Å²) in [6.45, 7) is 0.682. The van der Waals surface area contributed by atoms with Gasteiger partial charge in [0.05, 0.1) is 6.42 Å². The maximum Gasteiger partial charge on any atom is 0.242 e. The molecular formula is C20H23ClN2O3. The summed E-state index contributed by atoms with van der Waals surface area (Å²) in [5.41, 5.74) is 1.67. The predicted octanol–water partition coefficient (Wildman–Crippen LogP) is 2.84. The van der Waals surface area contributed by atoms with Gasteiger partial charge in [-0.2, -0.15) is 0 Å². The fraction of sp³-hybridized carbons (Fsp3) is 0.550. The molecule has 5 nitrogen and oxygen atoms in total. The van der Waals surface area contributed by atoms with Gasteiger partial charge in [0.2, 0.25) is 11.8 Å². The van der Waals surface area contributed by atoms with Crippen LogP contribution in [0, 0.1) is 11.8 Å². The molecule has 2 amide bonds. The average molecular weight is 375 g/mol. The summed E-state index contributed by atoms with van der Waals surface area (Å²) < 4.78 is 0. The van der Waals surface area contributed by atoms with Crippen molar-refractivity contribution in [3.8, 4) is 0 Å². The Hall–Kier alpha value is -1.88. The fourth-order valence-electron chi connectivity index (χ4n) is 4.92. The van der Waals surface area contributed by atoms with Gasteiger partial charge in [-0.05, 0) is 48.9 Å². The highest BCUT2D eigenvalue weighted by atomic mass is 35.5. The van der Waals surface area contributed by atoms with E-state index in [0.29, 0.717) is 18.0 Å². The topological polar surface area (TPSA) is 57.7 Å². The van der Waals surface area contributed by atoms with Gasteiger partial charge in [-0.15, -0.1) is 0 Å². The van der Waals surface area contributed by atoms with Gasteiger partial charge in [0.1, 0.15) is 12.8 Å². The Morgan fingerprint density at radius 2 is 2.04 bits per heavy atom. The lowest BCUT2D eigenvalue weighted by atomic mass is 9.72. The summed E-state index contributed by atoms with van der Waals surface area (Å²) in [5, 5.41) is 0.603. The maximum atomic E-state index is 13.0. The van der Waals surface area contributed by atoms with Crippen LogP contribution in [-0.4, -0.2) is 42.1 Å². The quantitative estimate of drug-likeness (QED) is 0.764. The van der Waals surface area contributed by atoms with Gasteiger partial charge < -0.3 is 14.6 Å². The zero-order valence-electron chi connectivity index (χ0n) is 14.7. The molecule has 1 aliphatic carbocycles. The lowest BCUT2D eigenvalue weighted by Crippen LogP contribution is -2.55. The molecule has 0 aromatic heterocycles. The molecule has 138 valence electrons. The SMILES string of the molecule is O=CC1CCN(C(=O)CN2C(=O)Cc3cc(Cl)ccc32)C2CCCCC12. The predicted molar refractivity (Wildman–Crippen MR) is 99.1 cm³/mol. The molecular weight excluding hydrogens is 352 g/mol. The van der Waals surface area contributed by atoms with Crippen LogP contribution >= 0.6 is 11.6 Å². The monoisotopic (exact) mass is 374 g/mol. The number of hydrogen-bond donors (Lipinski definition) is 0. The van der Waals surface area contributed by atoms with Crippen LogP contribution in [0.3, 0.4) is 0 Å². The molecule has 2 fully saturated rings. The van der Waals surface area contributed by atoms with E-state index in [1.165, 1.54) is 0 Å². The van der Waals surface area contributed by atoms with Crippen LogP contribution in [-0.2, 0) is 20.8 Å². The number of halogens is 1. The minimum Gasteiger partial charge on any atom is -0.338 e. The molecule has 1 aromatic rings. The Morgan fingerprint density at radius 1 is 1.23 bits per heavy atom. The summed E-state index contributed by atoms with van der Waals surface area (Å²) >= 11 is 6.02. The number of amides is 2. The number of aldehydes is 1. The normalized spacial score (nSPS) is 27.9. The smallest absolute Gasteiger partial charge is 0.242 e. The van der Waals surface area contributed by atoms with Crippen LogP contribution in [0.5, 0.6) is 0 Å². The van der Waals surface area contributed by atoms with E-state index in [4.69, 9.17) is 11.6 Å². The highest BCUT2D eigenvalue weighted by Crippen LogP contribution is 2.39. The number of anilines is 1. The van der Waals surface area contributed by atoms with Crippen LogP contribution in [0.4, 0.5) is 5.69 Å². The van der Waals surface area contributed by atoms with E-state index in [9.17, 15) is 14.4 Å². The molecule has 3 aliphatic rings. The van der Waals surface area contributed by atoms with E-state index in [-0.39, 0.29) is 36.2 Å². The lowest BCUT2D eigenvalue weighted by molar-refractivity contribution is -0.140. The van der Waals surface area contributed by atoms with Crippen molar-refractivity contribution < 1.29 is 14.4 Å². The zero-order valence-corrected chi connectivity index (χ0v) is 15.5. The third kappa shape index (κ3) is 3.02. The molecule has 0 spiro atoms. The van der Waals surface area contributed by atoms with Gasteiger partial charge in [0.25, 0.3) is 0 Å². The second-order valence-electron chi connectivity index (χ2n) is 7.62. The minimum atomic E-state index is -0.0569. The maximum absolute atomic E-state index is 13.0. The van der Waals surface area contributed by atoms with Crippen molar-refractivity contribution in [1.82, 2.24) is 4.90 Å². The largest absolute Gasteiger partial charge is 0.338 e. The Labute approximate surface area is 158 Å². The van der Waals surface area contributed by atoms with Gasteiger partial charge in [-0.3, -0.25) is 9.59 Å². The van der Waals surface area contributed by atoms with Crippen molar-refractivity contribution in [1.29, 1.82) is 0 Å². The molecule has 0 bridgehead atoms. The van der Waals surface area contributed by atoms with Crippen molar-refractivity contribution >= 4 is 35.4 Å². The van der Waals surface area contributed by atoms with Gasteiger partial charge in [-0.25, -0.2) is 0 Å². The first-order valence-corrected chi connectivity index (χ1v) is 9.80. The van der Waals surface area contributed by atoms with E-state index >= 15 is 0 Å². The molecule has 2 heterocycles. The van der Waals surface area contributed by atoms with Gasteiger partial charge >= 0.3 is 0 Å². The first kappa shape index (κ1) is 17.5. The summed E-state index contributed by atoms with van der Waals surface area (Å²) in [5.74, 6) is 0.279. The van der Waals surface area contributed by atoms with Crippen molar-refractivity contribution in [2.45, 2.75) is 44.6 Å². The standard InChI is InChI=1S/C20H23ClN2O3/c21-15-5-6-17-14(9-15)10-19(25)23(17)11-20(26)22-8-7-13(12-24)16-3-1-2-4-18(16)22/h5-6,9,12-13,16,18H,1-4,7-8,10-11H2. The van der Waals surface area contributed by atoms with Crippen molar-refractivity contribution in [3.05, 3.63) is 28.8 Å². The van der Waals surface area contributed by atoms with Gasteiger partial charge in [0.15, 0.2) is 0 Å². The van der Waals surface area contributed by atoms with Crippen LogP contribution in [0.15, 0.2) is 18.2 Å². The number of benzene rings is 1. The number of piperidine rings is 1. The van der Waals surface area contributed by atoms with E-state index in [1.54, 1.807) is 17.0 Å². The second-order valence-corrected chi connectivity index (χ2v) is 8.06. The third-order valence-corrected chi connectivity index (χ3v) is 6.43. The molecule has 2 aliphatic heterocycles. The van der Waals surface area contributed by atoms with Crippen molar-refractivity contribution in [2.75, 3.05) is 18.0 Å². The Balaban J connectivity index is 1.52. The summed E-state index contributed by atoms with van der Waals surface area (Å²) in [4.78, 5) is 40.4. The molecule has 1 saturated carbocycles. The molecule has 1 saturated heterocycles. The van der Waals surface area contributed by atoms with Crippen molar-refractivity contribution in [3.63, 3.8) is 0 Å². The van der Waals surface area contributed by atoms with Gasteiger partial charge in [0, 0.05) is 29.2 Å². The van der Waals surface area contributed by atoms with E-state index in [2.05, 4.69) is 0 Å². The molecule has 6 heteroatoms. The lowest BCUT2D eigenvalue weighted by Gasteiger charge is -2.47. The zero-order chi connectivity index (χ0) is 18.3. The van der Waals surface area contributed by atoms with Crippen molar-refractivity contribution in [2.24, 2.45) is 11.8 Å². The molecule has 4 rings (SSSR count). The van der Waals surface area contributed by atoms with E-state index in [0.717, 1.165) is 49.6 Å². The summed E-state index contributed by atoms with van der Waals surface area (Å²) in [6, 6.07) is 5.51. The number of carbonyl (C=O) groups is 3. The Kier molecular flexibility index (Phi) is 4.74. The van der Waals surface area contributed by atoms with Crippen LogP contribution in [0.1, 0.15) is 37.7 Å². The third-order valence-electron chi connectivity index (χ3n) is 6.20. The van der Waals surface area contributed by atoms with Crippen LogP contribution in [0.25, 0.3) is 0 Å². The highest BCUT2D eigenvalue weighted by Gasteiger charge is 2.42. The number of carbonyl (C=O) groups excluding carboxylic acids is 3. The second kappa shape index (κ2) is 7.03. The number of likely N-dealkylation sites (tertiary alicyclic amines) is 1. The van der Waals surface area contributed by atoms with E-state index < -0.39 is 0 Å². The fourth-order valence-corrected chi connectivity index (χ4v) is 5.12. The highest BCUT2D eigenvalue weighted by molar-refractivity contribution is 6.31. The van der Waals surface area contributed by atoms with Crippen LogP contribution < -0.4 is 4.90 Å². The first-order chi connectivity index (χ1) is 12.6. The minimum absolute atomic E-state index is 0.0117. The van der Waals surface area contributed by atoms with E-state index in [1.807, 2.05) is 11.0 Å². The number of rotatable bonds is 3. The van der Waals surface area contributed by atoms with Crippen LogP contribution in [0.2, 0.25) is 5.02 Å². The summed E-state index contributed by atoms with van der Waals surface area (Å²) in [6.07, 6.45) is 6.31. The summed E-state index contributed by atoms with van der Waals surface area (Å²) in [7, 11) is 0. The first-order valence-electron chi connectivity index (χ1n) is 9.42. The molecule has 1 aromatic carbocycles. The number of hydrogen-bond acceptors (Lipinski definition) is 3. The Morgan fingerprint density at radius 3 is 2.85 bits per heavy atom. The van der Waals surface area contributed by atoms with Gasteiger partial charge in [-0.1, -0.05) is 24.4 Å². The molecule has 26 heavy (non-hydrogen) atoms. The molecule has 3 atom stereocenters.